The van der Waals surface area contributed by atoms with Crippen molar-refractivity contribution in [1.82, 2.24) is 26.2 Å². The van der Waals surface area contributed by atoms with Crippen LogP contribution in [-0.4, -0.2) is 96.5 Å². The van der Waals surface area contributed by atoms with Crippen molar-refractivity contribution in [3.8, 4) is 0 Å². The molecule has 0 aromatic heterocycles. The highest BCUT2D eigenvalue weighted by Crippen LogP contribution is 2.15. The fourth-order valence-electron chi connectivity index (χ4n) is 4.13. The second-order valence-electron chi connectivity index (χ2n) is 10.1. The molecular weight excluding hydrogens is 574 g/mol. The van der Waals surface area contributed by atoms with E-state index in [-0.39, 0.29) is 30.9 Å². The van der Waals surface area contributed by atoms with Gasteiger partial charge in [0.25, 0.3) is 0 Å². The van der Waals surface area contributed by atoms with Crippen molar-refractivity contribution in [2.45, 2.75) is 57.7 Å². The van der Waals surface area contributed by atoms with Crippen LogP contribution >= 0.6 is 24.2 Å². The summed E-state index contributed by atoms with van der Waals surface area (Å²) in [6.07, 6.45) is 0.214. The Balaban J connectivity index is 2.03. The zero-order chi connectivity index (χ0) is 30.4. The molecule has 0 spiro atoms. The molecule has 1 aromatic rings. The third-order valence-electron chi connectivity index (χ3n) is 6.37. The molecule has 228 valence electrons. The summed E-state index contributed by atoms with van der Waals surface area (Å²) >= 11 is 10.4. The van der Waals surface area contributed by atoms with Crippen LogP contribution in [0.2, 0.25) is 5.02 Å². The molecule has 2 rings (SSSR count). The quantitative estimate of drug-likeness (QED) is 0.162. The molecule has 1 saturated heterocycles. The molecule has 12 nitrogen and oxygen atoms in total. The predicted octanol–water partition coefficient (Wildman–Crippen LogP) is 1.22. The van der Waals surface area contributed by atoms with E-state index in [2.05, 4.69) is 33.9 Å². The number of nitrogens with zero attached hydrogens (tertiary/aromatic N) is 1. The van der Waals surface area contributed by atoms with Crippen molar-refractivity contribution in [3.05, 3.63) is 34.9 Å². The van der Waals surface area contributed by atoms with Gasteiger partial charge in [-0.25, -0.2) is 4.79 Å². The first-order chi connectivity index (χ1) is 19.5. The molecule has 1 fully saturated rings. The SMILES string of the molecule is CC(C)C[C@H](NC(=O)[C@H](CCC(=O)O)NC(=O)N1CCOCC1)C(=O)N[C@@H](CS)C(=O)NCCc1ccccc1Cl. The molecule has 1 aromatic carbocycles. The fraction of sp³-hybridized carbons (Fsp3) is 0.593. The number of amides is 5. The summed E-state index contributed by atoms with van der Waals surface area (Å²) in [5, 5.41) is 20.4. The van der Waals surface area contributed by atoms with E-state index in [1.807, 2.05) is 32.0 Å². The lowest BCUT2D eigenvalue weighted by Crippen LogP contribution is -2.58. The number of carbonyl (C=O) groups is 5. The van der Waals surface area contributed by atoms with Gasteiger partial charge in [-0.1, -0.05) is 43.6 Å². The highest BCUT2D eigenvalue weighted by molar-refractivity contribution is 7.80. The van der Waals surface area contributed by atoms with Gasteiger partial charge in [0, 0.05) is 36.8 Å². The number of rotatable bonds is 15. The maximum Gasteiger partial charge on any atom is 0.318 e. The largest absolute Gasteiger partial charge is 0.481 e. The van der Waals surface area contributed by atoms with Gasteiger partial charge < -0.3 is 36.0 Å². The Bertz CT molecular complexity index is 1050. The molecule has 0 bridgehead atoms. The summed E-state index contributed by atoms with van der Waals surface area (Å²) in [4.78, 5) is 64.6. The first-order valence-electron chi connectivity index (χ1n) is 13.6. The van der Waals surface area contributed by atoms with E-state index < -0.39 is 47.8 Å². The van der Waals surface area contributed by atoms with Crippen LogP contribution in [0.5, 0.6) is 0 Å². The summed E-state index contributed by atoms with van der Waals surface area (Å²) in [6.45, 7) is 5.42. The number of benzene rings is 1. The van der Waals surface area contributed by atoms with Gasteiger partial charge in [0.15, 0.2) is 0 Å². The summed E-state index contributed by atoms with van der Waals surface area (Å²) in [5.41, 5.74) is 0.874. The van der Waals surface area contributed by atoms with Crippen LogP contribution in [0.3, 0.4) is 0 Å². The average molecular weight is 614 g/mol. The molecule has 3 atom stereocenters. The number of carbonyl (C=O) groups excluding carboxylic acids is 4. The number of nitrogens with one attached hydrogen (secondary N) is 4. The van der Waals surface area contributed by atoms with Crippen molar-refractivity contribution < 1.29 is 33.8 Å². The van der Waals surface area contributed by atoms with Gasteiger partial charge in [0.1, 0.15) is 18.1 Å². The van der Waals surface area contributed by atoms with Crippen LogP contribution in [0, 0.1) is 5.92 Å². The Morgan fingerprint density at radius 2 is 1.61 bits per heavy atom. The van der Waals surface area contributed by atoms with Crippen LogP contribution in [0.25, 0.3) is 0 Å². The standard InChI is InChI=1S/C27H40ClN5O7S/c1-17(2)15-21(26(38)31-22(16-41)24(36)29-10-9-18-5-3-4-6-19(18)28)30-25(37)20(7-8-23(34)35)32-27(39)33-11-13-40-14-12-33/h3-6,17,20-22,41H,7-16H2,1-2H3,(H,29,36)(H,30,37)(H,31,38)(H,32,39)(H,34,35)/t20-,21-,22-/m0/s1. The Morgan fingerprint density at radius 1 is 0.976 bits per heavy atom. The molecule has 0 radical (unpaired) electrons. The molecule has 0 unspecified atom stereocenters. The maximum atomic E-state index is 13.2. The Morgan fingerprint density at radius 3 is 2.22 bits per heavy atom. The third kappa shape index (κ3) is 12.2. The van der Waals surface area contributed by atoms with Crippen molar-refractivity contribution >= 4 is 54.0 Å². The van der Waals surface area contributed by atoms with E-state index in [0.717, 1.165) is 5.56 Å². The lowest BCUT2D eigenvalue weighted by Gasteiger charge is -2.30. The molecule has 0 aliphatic carbocycles. The minimum absolute atomic E-state index is 0.00893. The zero-order valence-electron chi connectivity index (χ0n) is 23.4. The van der Waals surface area contributed by atoms with Crippen molar-refractivity contribution in [2.24, 2.45) is 5.92 Å². The van der Waals surface area contributed by atoms with E-state index in [0.29, 0.717) is 44.3 Å². The molecule has 0 saturated carbocycles. The minimum atomic E-state index is -1.18. The van der Waals surface area contributed by atoms with Gasteiger partial charge in [-0.3, -0.25) is 19.2 Å². The summed E-state index contributed by atoms with van der Waals surface area (Å²) in [6, 6.07) is 3.59. The average Bonchev–Trinajstić information content (AvgIpc) is 2.94. The van der Waals surface area contributed by atoms with E-state index in [9.17, 15) is 24.0 Å². The number of aliphatic carboxylic acids is 1. The van der Waals surface area contributed by atoms with E-state index in [1.54, 1.807) is 6.07 Å². The molecule has 5 amide bonds. The normalized spacial score (nSPS) is 15.4. The van der Waals surface area contributed by atoms with Gasteiger partial charge in [0.05, 0.1) is 13.2 Å². The minimum Gasteiger partial charge on any atom is -0.481 e. The number of urea groups is 1. The topological polar surface area (TPSA) is 166 Å². The molecule has 41 heavy (non-hydrogen) atoms. The fourth-order valence-corrected chi connectivity index (χ4v) is 4.62. The number of carboxylic acid groups (broad SMARTS) is 1. The molecule has 5 N–H and O–H groups in total. The first-order valence-corrected chi connectivity index (χ1v) is 14.6. The highest BCUT2D eigenvalue weighted by Gasteiger charge is 2.31. The van der Waals surface area contributed by atoms with E-state index in [4.69, 9.17) is 21.4 Å². The molecule has 14 heteroatoms. The van der Waals surface area contributed by atoms with Crippen LogP contribution < -0.4 is 21.3 Å². The predicted molar refractivity (Wildman–Crippen MR) is 157 cm³/mol. The second-order valence-corrected chi connectivity index (χ2v) is 10.9. The third-order valence-corrected chi connectivity index (χ3v) is 7.10. The lowest BCUT2D eigenvalue weighted by atomic mass is 10.0. The number of ether oxygens (including phenoxy) is 1. The van der Waals surface area contributed by atoms with E-state index >= 15 is 0 Å². The van der Waals surface area contributed by atoms with Crippen LogP contribution in [-0.2, 0) is 30.3 Å². The van der Waals surface area contributed by atoms with Crippen LogP contribution in [0.4, 0.5) is 4.79 Å². The number of morpholine rings is 1. The Labute approximate surface area is 250 Å². The smallest absolute Gasteiger partial charge is 0.318 e. The summed E-state index contributed by atoms with van der Waals surface area (Å²) in [7, 11) is 0. The van der Waals surface area contributed by atoms with E-state index in [1.165, 1.54) is 4.90 Å². The zero-order valence-corrected chi connectivity index (χ0v) is 25.0. The Kier molecular flexibility index (Phi) is 14.8. The van der Waals surface area contributed by atoms with Crippen LogP contribution in [0.1, 0.15) is 38.7 Å². The van der Waals surface area contributed by atoms with Gasteiger partial charge in [-0.2, -0.15) is 12.6 Å². The number of hydrogen-bond donors (Lipinski definition) is 6. The molecule has 1 heterocycles. The maximum absolute atomic E-state index is 13.2. The Hall–Kier alpha value is -3.03. The lowest BCUT2D eigenvalue weighted by molar-refractivity contribution is -0.137. The molecular formula is C27H40ClN5O7S. The van der Waals surface area contributed by atoms with Gasteiger partial charge in [-0.15, -0.1) is 0 Å². The van der Waals surface area contributed by atoms with Gasteiger partial charge in [-0.05, 0) is 36.8 Å². The van der Waals surface area contributed by atoms with Crippen molar-refractivity contribution in [1.29, 1.82) is 0 Å². The summed E-state index contributed by atoms with van der Waals surface area (Å²) < 4.78 is 5.24. The van der Waals surface area contributed by atoms with Crippen LogP contribution in [0.15, 0.2) is 24.3 Å². The number of halogens is 1. The summed E-state index contributed by atoms with van der Waals surface area (Å²) in [5.74, 6) is -2.85. The molecule has 1 aliphatic rings. The second kappa shape index (κ2) is 17.7. The first kappa shape index (κ1) is 34.2. The number of thiol groups is 1. The van der Waals surface area contributed by atoms with Gasteiger partial charge >= 0.3 is 12.0 Å². The number of hydrogen-bond acceptors (Lipinski definition) is 7. The van der Waals surface area contributed by atoms with Gasteiger partial charge in [0.2, 0.25) is 17.7 Å². The highest BCUT2D eigenvalue weighted by atomic mass is 35.5. The molecule has 1 aliphatic heterocycles. The number of carboxylic acids is 1. The monoisotopic (exact) mass is 613 g/mol. The van der Waals surface area contributed by atoms with Crippen molar-refractivity contribution in [2.75, 3.05) is 38.6 Å². The van der Waals surface area contributed by atoms with Crippen molar-refractivity contribution in [3.63, 3.8) is 0 Å².